The molecule has 0 N–H and O–H groups in total. The van der Waals surface area contributed by atoms with Crippen molar-refractivity contribution in [2.75, 3.05) is 25.9 Å². The molecule has 3 nitrogen and oxygen atoms in total. The minimum Gasteiger partial charge on any atom is -0.302 e. The summed E-state index contributed by atoms with van der Waals surface area (Å²) >= 11 is 3.23. The van der Waals surface area contributed by atoms with Gasteiger partial charge in [0.1, 0.15) is 10.7 Å². The number of likely N-dealkylation sites (N-methyl/N-ethyl adjacent to an activating group) is 1. The SMILES string of the molecule is CCC(CC)CSc1nsnc1C1=CCCN(C)C1. The second kappa shape index (κ2) is 7.41. The van der Waals surface area contributed by atoms with Crippen LogP contribution in [0.3, 0.4) is 0 Å². The number of aromatic nitrogens is 2. The Hall–Kier alpha value is -0.390. The molecule has 0 aliphatic carbocycles. The summed E-state index contributed by atoms with van der Waals surface area (Å²) in [6.45, 7) is 6.70. The first kappa shape index (κ1) is 15.0. The minimum absolute atomic E-state index is 0.794. The number of nitrogens with zero attached hydrogens (tertiary/aromatic N) is 3. The van der Waals surface area contributed by atoms with Gasteiger partial charge >= 0.3 is 0 Å². The maximum absolute atomic E-state index is 4.52. The fraction of sp³-hybridized carbons (Fsp3) is 0.714. The average molecular weight is 297 g/mol. The van der Waals surface area contributed by atoms with Gasteiger partial charge in [-0.3, -0.25) is 0 Å². The molecule has 1 aromatic heterocycles. The molecule has 1 aromatic rings. The average Bonchev–Trinajstić information content (AvgIpc) is 2.88. The van der Waals surface area contributed by atoms with Crippen LogP contribution in [0.4, 0.5) is 0 Å². The first-order valence-corrected chi connectivity index (χ1v) is 8.79. The summed E-state index contributed by atoms with van der Waals surface area (Å²) < 4.78 is 9.01. The lowest BCUT2D eigenvalue weighted by Crippen LogP contribution is -2.25. The van der Waals surface area contributed by atoms with Crippen molar-refractivity contribution in [2.24, 2.45) is 5.92 Å². The van der Waals surface area contributed by atoms with Gasteiger partial charge in [0, 0.05) is 18.8 Å². The first-order chi connectivity index (χ1) is 9.24. The van der Waals surface area contributed by atoms with E-state index in [0.717, 1.165) is 41.9 Å². The van der Waals surface area contributed by atoms with Gasteiger partial charge in [0.2, 0.25) is 0 Å². The van der Waals surface area contributed by atoms with Gasteiger partial charge in [-0.05, 0) is 25.0 Å². The van der Waals surface area contributed by atoms with E-state index in [1.54, 1.807) is 0 Å². The van der Waals surface area contributed by atoms with Gasteiger partial charge < -0.3 is 4.90 Å². The third kappa shape index (κ3) is 4.04. The van der Waals surface area contributed by atoms with E-state index in [4.69, 9.17) is 0 Å². The largest absolute Gasteiger partial charge is 0.302 e. The van der Waals surface area contributed by atoms with Crippen LogP contribution in [0.5, 0.6) is 0 Å². The Morgan fingerprint density at radius 3 is 2.84 bits per heavy atom. The van der Waals surface area contributed by atoms with Crippen LogP contribution in [0.1, 0.15) is 38.8 Å². The van der Waals surface area contributed by atoms with Crippen molar-refractivity contribution in [3.63, 3.8) is 0 Å². The molecule has 1 aliphatic heterocycles. The number of rotatable bonds is 6. The van der Waals surface area contributed by atoms with E-state index < -0.39 is 0 Å². The topological polar surface area (TPSA) is 29.0 Å². The fourth-order valence-electron chi connectivity index (χ4n) is 2.26. The molecule has 0 amide bonds. The van der Waals surface area contributed by atoms with Gasteiger partial charge in [-0.2, -0.15) is 8.75 Å². The molecule has 19 heavy (non-hydrogen) atoms. The highest BCUT2D eigenvalue weighted by molar-refractivity contribution is 7.99. The van der Waals surface area contributed by atoms with E-state index in [-0.39, 0.29) is 0 Å². The summed E-state index contributed by atoms with van der Waals surface area (Å²) in [7, 11) is 2.17. The van der Waals surface area contributed by atoms with Crippen LogP contribution in [-0.2, 0) is 0 Å². The Balaban J connectivity index is 2.03. The van der Waals surface area contributed by atoms with Crippen LogP contribution >= 0.6 is 23.5 Å². The third-order valence-electron chi connectivity index (χ3n) is 3.71. The number of hydrogen-bond donors (Lipinski definition) is 0. The zero-order valence-corrected chi connectivity index (χ0v) is 13.7. The fourth-order valence-corrected chi connectivity index (χ4v) is 4.29. The zero-order chi connectivity index (χ0) is 13.7. The van der Waals surface area contributed by atoms with Gasteiger partial charge in [-0.25, -0.2) is 0 Å². The summed E-state index contributed by atoms with van der Waals surface area (Å²) in [6.07, 6.45) is 5.96. The smallest absolute Gasteiger partial charge is 0.138 e. The molecule has 1 aliphatic rings. The molecular formula is C14H23N3S2. The lowest BCUT2D eigenvalue weighted by molar-refractivity contribution is 0.372. The van der Waals surface area contributed by atoms with E-state index in [9.17, 15) is 0 Å². The lowest BCUT2D eigenvalue weighted by atomic mass is 10.1. The minimum atomic E-state index is 0.794. The van der Waals surface area contributed by atoms with Gasteiger partial charge in [0.25, 0.3) is 0 Å². The molecule has 2 rings (SSSR count). The van der Waals surface area contributed by atoms with Crippen molar-refractivity contribution in [3.8, 4) is 0 Å². The predicted octanol–water partition coefficient (Wildman–Crippen LogP) is 3.79. The van der Waals surface area contributed by atoms with Crippen molar-refractivity contribution in [2.45, 2.75) is 38.1 Å². The number of hydrogen-bond acceptors (Lipinski definition) is 5. The van der Waals surface area contributed by atoms with E-state index in [2.05, 4.69) is 40.6 Å². The second-order valence-electron chi connectivity index (χ2n) is 5.17. The standard InChI is InChI=1S/C14H23N3S2/c1-4-11(5-2)10-18-14-13(15-19-16-14)12-7-6-8-17(3)9-12/h7,11H,4-6,8-10H2,1-3H3. The van der Waals surface area contributed by atoms with E-state index in [1.807, 2.05) is 11.8 Å². The molecule has 5 heteroatoms. The summed E-state index contributed by atoms with van der Waals surface area (Å²) in [5, 5.41) is 1.14. The van der Waals surface area contributed by atoms with Crippen LogP contribution in [0, 0.1) is 5.92 Å². The summed E-state index contributed by atoms with van der Waals surface area (Å²) in [5.41, 5.74) is 2.49. The molecule has 0 aromatic carbocycles. The molecule has 0 radical (unpaired) electrons. The third-order valence-corrected chi connectivity index (χ3v) is 5.56. The van der Waals surface area contributed by atoms with Crippen LogP contribution in [0.25, 0.3) is 5.57 Å². The van der Waals surface area contributed by atoms with Crippen molar-refractivity contribution < 1.29 is 0 Å². The Bertz CT molecular complexity index is 424. The Morgan fingerprint density at radius 1 is 1.37 bits per heavy atom. The van der Waals surface area contributed by atoms with Crippen LogP contribution in [0.15, 0.2) is 11.1 Å². The highest BCUT2D eigenvalue weighted by atomic mass is 32.2. The van der Waals surface area contributed by atoms with E-state index >= 15 is 0 Å². The monoisotopic (exact) mass is 297 g/mol. The molecule has 0 bridgehead atoms. The first-order valence-electron chi connectivity index (χ1n) is 7.07. The van der Waals surface area contributed by atoms with Gasteiger partial charge in [-0.15, -0.1) is 11.8 Å². The van der Waals surface area contributed by atoms with Gasteiger partial charge in [0.05, 0.1) is 11.7 Å². The Kier molecular flexibility index (Phi) is 5.85. The van der Waals surface area contributed by atoms with E-state index in [0.29, 0.717) is 0 Å². The molecule has 0 spiro atoms. The van der Waals surface area contributed by atoms with Crippen molar-refractivity contribution in [1.29, 1.82) is 0 Å². The molecule has 2 heterocycles. The normalized spacial score (nSPS) is 16.9. The quantitative estimate of drug-likeness (QED) is 0.747. The Morgan fingerprint density at radius 2 is 2.16 bits per heavy atom. The maximum Gasteiger partial charge on any atom is 0.138 e. The van der Waals surface area contributed by atoms with Crippen molar-refractivity contribution in [1.82, 2.24) is 13.6 Å². The van der Waals surface area contributed by atoms with Crippen LogP contribution in [-0.4, -0.2) is 39.5 Å². The predicted molar refractivity (Wildman–Crippen MR) is 84.8 cm³/mol. The highest BCUT2D eigenvalue weighted by Gasteiger charge is 2.18. The number of thioether (sulfide) groups is 1. The Labute approximate surface area is 124 Å². The molecule has 0 saturated carbocycles. The van der Waals surface area contributed by atoms with Crippen LogP contribution < -0.4 is 0 Å². The maximum atomic E-state index is 4.52. The van der Waals surface area contributed by atoms with Crippen molar-refractivity contribution >= 4 is 29.1 Å². The molecule has 0 atom stereocenters. The molecule has 0 fully saturated rings. The second-order valence-corrected chi connectivity index (χ2v) is 6.70. The van der Waals surface area contributed by atoms with Gasteiger partial charge in [0.15, 0.2) is 0 Å². The molecule has 0 saturated heterocycles. The summed E-state index contributed by atoms with van der Waals surface area (Å²) in [5.74, 6) is 1.96. The molecular weight excluding hydrogens is 274 g/mol. The molecule has 0 unspecified atom stereocenters. The lowest BCUT2D eigenvalue weighted by Gasteiger charge is -2.22. The highest BCUT2D eigenvalue weighted by Crippen LogP contribution is 2.30. The zero-order valence-electron chi connectivity index (χ0n) is 12.1. The van der Waals surface area contributed by atoms with E-state index in [1.165, 1.54) is 30.1 Å². The molecule has 106 valence electrons. The summed E-state index contributed by atoms with van der Waals surface area (Å²) in [4.78, 5) is 2.35. The van der Waals surface area contributed by atoms with Crippen molar-refractivity contribution in [3.05, 3.63) is 11.8 Å². The van der Waals surface area contributed by atoms with Gasteiger partial charge in [-0.1, -0.05) is 32.8 Å². The summed E-state index contributed by atoms with van der Waals surface area (Å²) in [6, 6.07) is 0. The van der Waals surface area contributed by atoms with Crippen LogP contribution in [0.2, 0.25) is 0 Å².